The first-order valence-corrected chi connectivity index (χ1v) is 11.1. The van der Waals surface area contributed by atoms with Gasteiger partial charge in [0.2, 0.25) is 0 Å². The smallest absolute Gasteiger partial charge is 0.416 e. The maximum Gasteiger partial charge on any atom is 0.416 e. The first-order valence-electron chi connectivity index (χ1n) is 9.69. The van der Waals surface area contributed by atoms with Crippen LogP contribution in [0.15, 0.2) is 76.2 Å². The molecule has 10 heteroatoms. The van der Waals surface area contributed by atoms with Crippen LogP contribution in [-0.4, -0.2) is 25.3 Å². The molecular weight excluding hydrogens is 447 g/mol. The molecule has 32 heavy (non-hydrogen) atoms. The van der Waals surface area contributed by atoms with Gasteiger partial charge < -0.3 is 13.5 Å². The van der Waals surface area contributed by atoms with Gasteiger partial charge in [-0.2, -0.15) is 21.6 Å². The van der Waals surface area contributed by atoms with E-state index in [1.807, 2.05) is 0 Å². The van der Waals surface area contributed by atoms with Crippen molar-refractivity contribution >= 4 is 16.0 Å². The van der Waals surface area contributed by atoms with E-state index in [2.05, 4.69) is 0 Å². The molecule has 0 unspecified atom stereocenters. The van der Waals surface area contributed by atoms with Gasteiger partial charge in [0.15, 0.2) is 5.76 Å². The molecule has 0 aliphatic heterocycles. The van der Waals surface area contributed by atoms with Gasteiger partial charge in [0, 0.05) is 12.6 Å². The summed E-state index contributed by atoms with van der Waals surface area (Å²) >= 11 is 0. The Balaban J connectivity index is 1.47. The lowest BCUT2D eigenvalue weighted by atomic mass is 10.2. The molecule has 2 aromatic carbocycles. The topological polar surface area (TPSA) is 76.8 Å². The minimum Gasteiger partial charge on any atom is -0.459 e. The molecule has 1 aromatic heterocycles. The third kappa shape index (κ3) is 4.96. The molecule has 0 spiro atoms. The third-order valence-electron chi connectivity index (χ3n) is 4.91. The average Bonchev–Trinajstić information content (AvgIpc) is 3.44. The van der Waals surface area contributed by atoms with E-state index in [0.29, 0.717) is 12.6 Å². The van der Waals surface area contributed by atoms with Crippen molar-refractivity contribution in [1.82, 2.24) is 4.90 Å². The van der Waals surface area contributed by atoms with Crippen molar-refractivity contribution in [2.75, 3.05) is 0 Å². The van der Waals surface area contributed by atoms with Crippen LogP contribution in [-0.2, 0) is 22.8 Å². The van der Waals surface area contributed by atoms with Crippen LogP contribution in [0, 0.1) is 0 Å². The fraction of sp³-hybridized carbons (Fsp3) is 0.227. The highest BCUT2D eigenvalue weighted by atomic mass is 32.2. The highest BCUT2D eigenvalue weighted by molar-refractivity contribution is 7.87. The standard InChI is InChI=1S/C22H18F3NO5S/c23-22(24,25)16-3-1-4-19(13-16)32(28,29)31-18-10-6-15(7-11-18)14-26(17-8-9-17)21(27)20-5-2-12-30-20/h1-7,10-13,17H,8-9,14H2. The lowest BCUT2D eigenvalue weighted by Gasteiger charge is -2.21. The predicted molar refractivity (Wildman–Crippen MR) is 107 cm³/mol. The molecule has 0 radical (unpaired) electrons. The lowest BCUT2D eigenvalue weighted by Crippen LogP contribution is -2.32. The zero-order chi connectivity index (χ0) is 22.9. The quantitative estimate of drug-likeness (QED) is 0.466. The van der Waals surface area contributed by atoms with Crippen molar-refractivity contribution < 1.29 is 35.0 Å². The number of halogens is 3. The molecule has 4 rings (SSSR count). The van der Waals surface area contributed by atoms with E-state index >= 15 is 0 Å². The molecule has 0 saturated heterocycles. The molecular formula is C22H18F3NO5S. The molecule has 6 nitrogen and oxygen atoms in total. The Bertz CT molecular complexity index is 1200. The summed E-state index contributed by atoms with van der Waals surface area (Å²) in [6.45, 7) is 0.296. The number of benzene rings is 2. The van der Waals surface area contributed by atoms with Crippen molar-refractivity contribution in [3.05, 3.63) is 83.8 Å². The predicted octanol–water partition coefficient (Wildman–Crippen LogP) is 4.87. The van der Waals surface area contributed by atoms with Crippen LogP contribution < -0.4 is 4.18 Å². The monoisotopic (exact) mass is 465 g/mol. The molecule has 168 valence electrons. The van der Waals surface area contributed by atoms with E-state index < -0.39 is 26.8 Å². The van der Waals surface area contributed by atoms with Gasteiger partial charge in [-0.3, -0.25) is 4.79 Å². The van der Waals surface area contributed by atoms with Gasteiger partial charge in [0.05, 0.1) is 11.8 Å². The summed E-state index contributed by atoms with van der Waals surface area (Å²) in [6, 6.07) is 12.7. The van der Waals surface area contributed by atoms with E-state index in [4.69, 9.17) is 8.60 Å². The largest absolute Gasteiger partial charge is 0.459 e. The molecule has 1 heterocycles. The Morgan fingerprint density at radius 3 is 2.38 bits per heavy atom. The number of furan rings is 1. The van der Waals surface area contributed by atoms with Crippen molar-refractivity contribution in [1.29, 1.82) is 0 Å². The number of rotatable bonds is 7. The summed E-state index contributed by atoms with van der Waals surface area (Å²) in [4.78, 5) is 13.7. The van der Waals surface area contributed by atoms with Gasteiger partial charge in [0.25, 0.3) is 5.91 Å². The van der Waals surface area contributed by atoms with Crippen LogP contribution in [0.1, 0.15) is 34.5 Å². The van der Waals surface area contributed by atoms with Gasteiger partial charge in [-0.05, 0) is 60.9 Å². The summed E-state index contributed by atoms with van der Waals surface area (Å²) in [6.07, 6.45) is -1.46. The van der Waals surface area contributed by atoms with Gasteiger partial charge in [0.1, 0.15) is 10.6 Å². The fourth-order valence-corrected chi connectivity index (χ4v) is 4.12. The van der Waals surface area contributed by atoms with E-state index in [-0.39, 0.29) is 23.5 Å². The van der Waals surface area contributed by atoms with E-state index in [1.165, 1.54) is 18.4 Å². The number of hydrogen-bond acceptors (Lipinski definition) is 5. The molecule has 0 atom stereocenters. The number of hydrogen-bond donors (Lipinski definition) is 0. The van der Waals surface area contributed by atoms with Gasteiger partial charge in [-0.15, -0.1) is 0 Å². The van der Waals surface area contributed by atoms with Crippen LogP contribution in [0.5, 0.6) is 5.75 Å². The number of carbonyl (C=O) groups excluding carboxylic acids is 1. The Morgan fingerprint density at radius 1 is 1.06 bits per heavy atom. The van der Waals surface area contributed by atoms with E-state index in [0.717, 1.165) is 36.6 Å². The highest BCUT2D eigenvalue weighted by Gasteiger charge is 2.34. The lowest BCUT2D eigenvalue weighted by molar-refractivity contribution is -0.137. The SMILES string of the molecule is O=C(c1ccco1)N(Cc1ccc(OS(=O)(=O)c2cccc(C(F)(F)F)c2)cc1)C1CC1. The van der Waals surface area contributed by atoms with Crippen LogP contribution in [0.25, 0.3) is 0 Å². The minimum absolute atomic E-state index is 0.0542. The van der Waals surface area contributed by atoms with Crippen molar-refractivity contribution in [3.8, 4) is 5.75 Å². The van der Waals surface area contributed by atoms with Crippen LogP contribution in [0.3, 0.4) is 0 Å². The van der Waals surface area contributed by atoms with E-state index in [1.54, 1.807) is 29.2 Å². The Kier molecular flexibility index (Phi) is 5.72. The second-order valence-corrected chi connectivity index (χ2v) is 8.89. The molecule has 1 fully saturated rings. The zero-order valence-electron chi connectivity index (χ0n) is 16.6. The molecule has 0 bridgehead atoms. The third-order valence-corrected chi connectivity index (χ3v) is 6.16. The number of carbonyl (C=O) groups is 1. The summed E-state index contributed by atoms with van der Waals surface area (Å²) in [5.74, 6) is -0.0459. The van der Waals surface area contributed by atoms with Crippen LogP contribution >= 0.6 is 0 Å². The molecule has 1 aliphatic rings. The highest BCUT2D eigenvalue weighted by Crippen LogP contribution is 2.32. The summed E-state index contributed by atoms with van der Waals surface area (Å²) in [5.41, 5.74) is -0.348. The Morgan fingerprint density at radius 2 is 1.78 bits per heavy atom. The fourth-order valence-electron chi connectivity index (χ4n) is 3.14. The molecule has 1 saturated carbocycles. The van der Waals surface area contributed by atoms with Crippen molar-refractivity contribution in [3.63, 3.8) is 0 Å². The zero-order valence-corrected chi connectivity index (χ0v) is 17.4. The molecule has 3 aromatic rings. The van der Waals surface area contributed by atoms with Crippen molar-refractivity contribution in [2.45, 2.75) is 36.5 Å². The van der Waals surface area contributed by atoms with Crippen LogP contribution in [0.4, 0.5) is 13.2 Å². The minimum atomic E-state index is -4.67. The molecule has 1 amide bonds. The maximum absolute atomic E-state index is 12.9. The maximum atomic E-state index is 12.9. The van der Waals surface area contributed by atoms with E-state index in [9.17, 15) is 26.4 Å². The van der Waals surface area contributed by atoms with Gasteiger partial charge in [-0.25, -0.2) is 0 Å². The summed E-state index contributed by atoms with van der Waals surface area (Å²) in [5, 5.41) is 0. The summed E-state index contributed by atoms with van der Waals surface area (Å²) < 4.78 is 73.6. The number of nitrogens with zero attached hydrogens (tertiary/aromatic N) is 1. The van der Waals surface area contributed by atoms with Crippen LogP contribution in [0.2, 0.25) is 0 Å². The number of alkyl halides is 3. The Hall–Kier alpha value is -3.27. The molecule has 1 aliphatic carbocycles. The first-order chi connectivity index (χ1) is 15.1. The van der Waals surface area contributed by atoms with Gasteiger partial charge >= 0.3 is 16.3 Å². The molecule has 0 N–H and O–H groups in total. The Labute approximate surface area is 182 Å². The van der Waals surface area contributed by atoms with Crippen molar-refractivity contribution in [2.24, 2.45) is 0 Å². The van der Waals surface area contributed by atoms with Gasteiger partial charge in [-0.1, -0.05) is 18.2 Å². The second kappa shape index (κ2) is 8.34. The summed E-state index contributed by atoms with van der Waals surface area (Å²) in [7, 11) is -4.46. The normalized spacial score (nSPS) is 14.2. The average molecular weight is 465 g/mol. The first kappa shape index (κ1) is 21.9. The number of amides is 1. The second-order valence-electron chi connectivity index (χ2n) is 7.35.